The van der Waals surface area contributed by atoms with Crippen molar-refractivity contribution in [3.8, 4) is 0 Å². The van der Waals surface area contributed by atoms with Crippen molar-refractivity contribution in [3.63, 3.8) is 0 Å². The van der Waals surface area contributed by atoms with E-state index in [-0.39, 0.29) is 6.61 Å². The summed E-state index contributed by atoms with van der Waals surface area (Å²) in [7, 11) is 0. The maximum absolute atomic E-state index is 12.8. The number of carbonyl (C=O) groups excluding carboxylic acids is 1. The van der Waals surface area contributed by atoms with E-state index in [9.17, 15) is 18.0 Å². The van der Waals surface area contributed by atoms with E-state index in [0.717, 1.165) is 12.1 Å². The number of amides is 1. The van der Waals surface area contributed by atoms with E-state index in [1.807, 2.05) is 5.48 Å². The van der Waals surface area contributed by atoms with Gasteiger partial charge < -0.3 is 0 Å². The van der Waals surface area contributed by atoms with Crippen LogP contribution in [0.15, 0.2) is 48.5 Å². The molecule has 0 saturated carbocycles. The van der Waals surface area contributed by atoms with Crippen molar-refractivity contribution in [2.75, 3.05) is 0 Å². The fraction of sp³-hybridized carbons (Fsp3) is 0.133. The highest BCUT2D eigenvalue weighted by Crippen LogP contribution is 2.31. The molecule has 0 bridgehead atoms. The second-order valence-electron chi connectivity index (χ2n) is 4.39. The molecule has 0 unspecified atom stereocenters. The van der Waals surface area contributed by atoms with Gasteiger partial charge in [-0.1, -0.05) is 35.9 Å². The molecule has 0 aliphatic heterocycles. The molecule has 116 valence electrons. The second kappa shape index (κ2) is 6.81. The molecule has 2 aromatic rings. The minimum absolute atomic E-state index is 0.0110. The molecule has 0 aromatic heterocycles. The topological polar surface area (TPSA) is 38.3 Å². The van der Waals surface area contributed by atoms with Crippen molar-refractivity contribution in [2.24, 2.45) is 0 Å². The zero-order chi connectivity index (χ0) is 16.2. The van der Waals surface area contributed by atoms with E-state index < -0.39 is 23.2 Å². The summed E-state index contributed by atoms with van der Waals surface area (Å²) in [6.07, 6.45) is -4.61. The molecule has 0 saturated heterocycles. The van der Waals surface area contributed by atoms with Crippen LogP contribution in [0.25, 0.3) is 0 Å². The Morgan fingerprint density at radius 2 is 1.73 bits per heavy atom. The van der Waals surface area contributed by atoms with Gasteiger partial charge in [0.25, 0.3) is 5.91 Å². The summed E-state index contributed by atoms with van der Waals surface area (Å²) in [6, 6.07) is 11.1. The monoisotopic (exact) mass is 329 g/mol. The SMILES string of the molecule is O=C(NOCc1ccc(Cl)cc1)c1ccccc1C(F)(F)F. The average Bonchev–Trinajstić information content (AvgIpc) is 2.48. The second-order valence-corrected chi connectivity index (χ2v) is 4.83. The highest BCUT2D eigenvalue weighted by atomic mass is 35.5. The number of hydroxylamine groups is 1. The fourth-order valence-corrected chi connectivity index (χ4v) is 1.87. The molecule has 1 amide bonds. The number of halogens is 4. The Bertz CT molecular complexity index is 657. The van der Waals surface area contributed by atoms with Crippen molar-refractivity contribution in [1.82, 2.24) is 5.48 Å². The maximum atomic E-state index is 12.8. The van der Waals surface area contributed by atoms with Gasteiger partial charge in [0.2, 0.25) is 0 Å². The van der Waals surface area contributed by atoms with Gasteiger partial charge in [0, 0.05) is 5.02 Å². The van der Waals surface area contributed by atoms with Crippen LogP contribution in [0, 0.1) is 0 Å². The Balaban J connectivity index is 2.00. The van der Waals surface area contributed by atoms with Gasteiger partial charge in [0.05, 0.1) is 17.7 Å². The quantitative estimate of drug-likeness (QED) is 0.853. The Labute approximate surface area is 129 Å². The van der Waals surface area contributed by atoms with Crippen molar-refractivity contribution in [3.05, 3.63) is 70.2 Å². The molecule has 0 aliphatic rings. The van der Waals surface area contributed by atoms with Crippen LogP contribution in [0.3, 0.4) is 0 Å². The minimum atomic E-state index is -4.61. The summed E-state index contributed by atoms with van der Waals surface area (Å²) >= 11 is 5.72. The van der Waals surface area contributed by atoms with Crippen LogP contribution in [0.1, 0.15) is 21.5 Å². The first-order valence-electron chi connectivity index (χ1n) is 6.21. The summed E-state index contributed by atoms with van der Waals surface area (Å²) in [6.45, 7) is 0.0110. The minimum Gasteiger partial charge on any atom is -0.269 e. The Morgan fingerprint density at radius 3 is 2.36 bits per heavy atom. The zero-order valence-electron chi connectivity index (χ0n) is 11.2. The highest BCUT2D eigenvalue weighted by Gasteiger charge is 2.34. The number of nitrogens with one attached hydrogen (secondary N) is 1. The normalized spacial score (nSPS) is 11.3. The number of carbonyl (C=O) groups is 1. The summed E-state index contributed by atoms with van der Waals surface area (Å²) in [4.78, 5) is 16.7. The van der Waals surface area contributed by atoms with E-state index >= 15 is 0 Å². The average molecular weight is 330 g/mol. The maximum Gasteiger partial charge on any atom is 0.417 e. The molecular weight excluding hydrogens is 319 g/mol. The third-order valence-corrected chi connectivity index (χ3v) is 3.05. The van der Waals surface area contributed by atoms with Gasteiger partial charge in [-0.3, -0.25) is 9.63 Å². The van der Waals surface area contributed by atoms with Crippen molar-refractivity contribution in [2.45, 2.75) is 12.8 Å². The van der Waals surface area contributed by atoms with Crippen LogP contribution in [0.2, 0.25) is 5.02 Å². The van der Waals surface area contributed by atoms with Gasteiger partial charge >= 0.3 is 6.18 Å². The lowest BCUT2D eigenvalue weighted by atomic mass is 10.1. The van der Waals surface area contributed by atoms with Gasteiger partial charge in [-0.25, -0.2) is 5.48 Å². The van der Waals surface area contributed by atoms with Crippen molar-refractivity contribution < 1.29 is 22.8 Å². The Morgan fingerprint density at radius 1 is 1.09 bits per heavy atom. The van der Waals surface area contributed by atoms with Gasteiger partial charge in [0.1, 0.15) is 0 Å². The van der Waals surface area contributed by atoms with E-state index in [1.165, 1.54) is 12.1 Å². The van der Waals surface area contributed by atoms with Gasteiger partial charge in [-0.05, 0) is 29.8 Å². The number of hydrogen-bond acceptors (Lipinski definition) is 2. The zero-order valence-corrected chi connectivity index (χ0v) is 11.9. The van der Waals surface area contributed by atoms with E-state index in [0.29, 0.717) is 10.6 Å². The van der Waals surface area contributed by atoms with Crippen LogP contribution in [-0.2, 0) is 17.6 Å². The molecule has 0 atom stereocenters. The van der Waals surface area contributed by atoms with Crippen LogP contribution >= 0.6 is 11.6 Å². The fourth-order valence-electron chi connectivity index (χ4n) is 1.75. The number of alkyl halides is 3. The van der Waals surface area contributed by atoms with E-state index in [4.69, 9.17) is 16.4 Å². The molecule has 2 aromatic carbocycles. The molecule has 0 aliphatic carbocycles. The smallest absolute Gasteiger partial charge is 0.269 e. The first-order valence-corrected chi connectivity index (χ1v) is 6.58. The highest BCUT2D eigenvalue weighted by molar-refractivity contribution is 6.30. The predicted octanol–water partition coefficient (Wildman–Crippen LogP) is 4.22. The molecule has 1 N–H and O–H groups in total. The van der Waals surface area contributed by atoms with Crippen LogP contribution < -0.4 is 5.48 Å². The summed E-state index contributed by atoms with van der Waals surface area (Å²) in [5.74, 6) is -0.957. The third kappa shape index (κ3) is 4.22. The first kappa shape index (κ1) is 16.3. The first-order chi connectivity index (χ1) is 10.4. The lowest BCUT2D eigenvalue weighted by Gasteiger charge is -2.12. The standard InChI is InChI=1S/C15H11ClF3NO2/c16-11-7-5-10(6-8-11)9-22-20-14(21)12-3-1-2-4-13(12)15(17,18)19/h1-8H,9H2,(H,20,21). The molecule has 0 fully saturated rings. The van der Waals surface area contributed by atoms with Crippen molar-refractivity contribution in [1.29, 1.82) is 0 Å². The van der Waals surface area contributed by atoms with Crippen LogP contribution in [0.5, 0.6) is 0 Å². The molecule has 7 heteroatoms. The number of hydrogen-bond donors (Lipinski definition) is 1. The molecule has 3 nitrogen and oxygen atoms in total. The molecule has 0 spiro atoms. The number of benzene rings is 2. The van der Waals surface area contributed by atoms with Gasteiger partial charge in [0.15, 0.2) is 0 Å². The Kier molecular flexibility index (Phi) is 5.05. The molecule has 22 heavy (non-hydrogen) atoms. The molecule has 2 rings (SSSR count). The van der Waals surface area contributed by atoms with E-state index in [1.54, 1.807) is 24.3 Å². The summed E-state index contributed by atoms with van der Waals surface area (Å²) in [5.41, 5.74) is 1.21. The lowest BCUT2D eigenvalue weighted by Crippen LogP contribution is -2.26. The molecule has 0 radical (unpaired) electrons. The summed E-state index contributed by atoms with van der Waals surface area (Å²) in [5, 5.41) is 0.548. The summed E-state index contributed by atoms with van der Waals surface area (Å²) < 4.78 is 38.4. The van der Waals surface area contributed by atoms with Crippen molar-refractivity contribution >= 4 is 17.5 Å². The van der Waals surface area contributed by atoms with Crippen LogP contribution in [0.4, 0.5) is 13.2 Å². The number of rotatable bonds is 4. The molecule has 0 heterocycles. The lowest BCUT2D eigenvalue weighted by molar-refractivity contribution is -0.138. The van der Waals surface area contributed by atoms with Crippen LogP contribution in [-0.4, -0.2) is 5.91 Å². The van der Waals surface area contributed by atoms with E-state index in [2.05, 4.69) is 0 Å². The predicted molar refractivity (Wildman–Crippen MR) is 75.2 cm³/mol. The Hall–Kier alpha value is -2.05. The molecular formula is C15H11ClF3NO2. The van der Waals surface area contributed by atoms with Gasteiger partial charge in [-0.2, -0.15) is 13.2 Å². The third-order valence-electron chi connectivity index (χ3n) is 2.79. The van der Waals surface area contributed by atoms with Gasteiger partial charge in [-0.15, -0.1) is 0 Å². The largest absolute Gasteiger partial charge is 0.417 e.